The Balaban J connectivity index is 1.38. The van der Waals surface area contributed by atoms with Crippen LogP contribution in [0.4, 0.5) is 4.39 Å². The maximum absolute atomic E-state index is 13.0. The third kappa shape index (κ3) is 5.75. The molecular formula is C19H26FN3O4S. The largest absolute Gasteiger partial charge is 0.356 e. The monoisotopic (exact) mass is 411 g/mol. The van der Waals surface area contributed by atoms with E-state index < -0.39 is 15.8 Å². The van der Waals surface area contributed by atoms with E-state index in [1.54, 1.807) is 4.90 Å². The second-order valence-corrected chi connectivity index (χ2v) is 9.11. The van der Waals surface area contributed by atoms with Gasteiger partial charge in [0.25, 0.3) is 0 Å². The molecule has 1 aliphatic carbocycles. The molecule has 0 bridgehead atoms. The first kappa shape index (κ1) is 20.7. The number of hydrogen-bond acceptors (Lipinski definition) is 4. The molecule has 2 N–H and O–H groups in total. The zero-order chi connectivity index (χ0) is 20.1. The molecule has 1 saturated carbocycles. The van der Waals surface area contributed by atoms with Gasteiger partial charge >= 0.3 is 0 Å². The first-order chi connectivity index (χ1) is 13.3. The average Bonchev–Trinajstić information content (AvgIpc) is 3.51. The van der Waals surface area contributed by atoms with E-state index in [9.17, 15) is 22.4 Å². The molecule has 1 aromatic rings. The van der Waals surface area contributed by atoms with Crippen LogP contribution in [0.1, 0.15) is 38.5 Å². The number of carbonyl (C=O) groups is 2. The molecule has 2 fully saturated rings. The van der Waals surface area contributed by atoms with Gasteiger partial charge < -0.3 is 10.2 Å². The number of piperidine rings is 1. The standard InChI is InChI=1S/C19H26FN3O4S/c20-15-5-7-17(8-6-15)28(26,27)22-16-9-12-23(13-10-16)18(24)2-1-11-21-19(25)14-3-4-14/h5-8,14,16,22H,1-4,9-13H2,(H,21,25). The number of benzene rings is 1. The fraction of sp³-hybridized carbons (Fsp3) is 0.579. The number of carbonyl (C=O) groups excluding carboxylic acids is 2. The molecule has 9 heteroatoms. The number of nitrogens with zero attached hydrogens (tertiary/aromatic N) is 1. The number of likely N-dealkylation sites (tertiary alicyclic amines) is 1. The highest BCUT2D eigenvalue weighted by molar-refractivity contribution is 7.89. The van der Waals surface area contributed by atoms with E-state index in [2.05, 4.69) is 10.0 Å². The minimum absolute atomic E-state index is 0.0283. The summed E-state index contributed by atoms with van der Waals surface area (Å²) < 4.78 is 40.3. The maximum atomic E-state index is 13.0. The quantitative estimate of drug-likeness (QED) is 0.632. The van der Waals surface area contributed by atoms with Crippen molar-refractivity contribution in [1.29, 1.82) is 0 Å². The summed E-state index contributed by atoms with van der Waals surface area (Å²) in [4.78, 5) is 25.6. The predicted molar refractivity (Wildman–Crippen MR) is 101 cm³/mol. The minimum atomic E-state index is -3.70. The lowest BCUT2D eigenvalue weighted by Crippen LogP contribution is -2.46. The van der Waals surface area contributed by atoms with Crippen molar-refractivity contribution in [3.63, 3.8) is 0 Å². The van der Waals surface area contributed by atoms with Crippen molar-refractivity contribution in [3.8, 4) is 0 Å². The molecular weight excluding hydrogens is 385 g/mol. The van der Waals surface area contributed by atoms with Crippen LogP contribution < -0.4 is 10.0 Å². The van der Waals surface area contributed by atoms with Gasteiger partial charge in [-0.05, 0) is 56.4 Å². The smallest absolute Gasteiger partial charge is 0.240 e. The van der Waals surface area contributed by atoms with Crippen LogP contribution in [0.2, 0.25) is 0 Å². The van der Waals surface area contributed by atoms with Gasteiger partial charge in [0.2, 0.25) is 21.8 Å². The van der Waals surface area contributed by atoms with Gasteiger partial charge in [-0.1, -0.05) is 0 Å². The number of hydrogen-bond donors (Lipinski definition) is 2. The average molecular weight is 411 g/mol. The number of amides is 2. The molecule has 0 aromatic heterocycles. The lowest BCUT2D eigenvalue weighted by molar-refractivity contribution is -0.132. The molecule has 2 amide bonds. The van der Waals surface area contributed by atoms with Crippen molar-refractivity contribution in [3.05, 3.63) is 30.1 Å². The van der Waals surface area contributed by atoms with Gasteiger partial charge in [0.15, 0.2) is 0 Å². The van der Waals surface area contributed by atoms with Crippen LogP contribution in [0.3, 0.4) is 0 Å². The van der Waals surface area contributed by atoms with Crippen molar-refractivity contribution in [2.24, 2.45) is 5.92 Å². The third-order valence-electron chi connectivity index (χ3n) is 5.11. The Morgan fingerprint density at radius 3 is 2.32 bits per heavy atom. The summed E-state index contributed by atoms with van der Waals surface area (Å²) in [6.45, 7) is 1.49. The van der Waals surface area contributed by atoms with Gasteiger partial charge in [0.05, 0.1) is 4.90 Å². The van der Waals surface area contributed by atoms with Gasteiger partial charge in [0.1, 0.15) is 5.82 Å². The summed E-state index contributed by atoms with van der Waals surface area (Å²) in [5, 5.41) is 2.84. The van der Waals surface area contributed by atoms with Crippen LogP contribution >= 0.6 is 0 Å². The molecule has 1 saturated heterocycles. The van der Waals surface area contributed by atoms with E-state index in [0.717, 1.165) is 25.0 Å². The zero-order valence-electron chi connectivity index (χ0n) is 15.7. The Morgan fingerprint density at radius 1 is 1.07 bits per heavy atom. The molecule has 1 heterocycles. The molecule has 154 valence electrons. The van der Waals surface area contributed by atoms with E-state index in [-0.39, 0.29) is 28.7 Å². The van der Waals surface area contributed by atoms with Crippen molar-refractivity contribution in [1.82, 2.24) is 14.9 Å². The molecule has 28 heavy (non-hydrogen) atoms. The van der Waals surface area contributed by atoms with Gasteiger partial charge in [-0.25, -0.2) is 17.5 Å². The fourth-order valence-corrected chi connectivity index (χ4v) is 4.55. The van der Waals surface area contributed by atoms with Crippen molar-refractivity contribution >= 4 is 21.8 Å². The summed E-state index contributed by atoms with van der Waals surface area (Å²) in [5.41, 5.74) is 0. The van der Waals surface area contributed by atoms with Crippen molar-refractivity contribution in [2.75, 3.05) is 19.6 Å². The van der Waals surface area contributed by atoms with Crippen molar-refractivity contribution in [2.45, 2.75) is 49.5 Å². The predicted octanol–water partition coefficient (Wildman–Crippen LogP) is 1.40. The number of halogens is 1. The van der Waals surface area contributed by atoms with E-state index in [1.807, 2.05) is 0 Å². The zero-order valence-corrected chi connectivity index (χ0v) is 16.5. The minimum Gasteiger partial charge on any atom is -0.356 e. The highest BCUT2D eigenvalue weighted by atomic mass is 32.2. The number of sulfonamides is 1. The van der Waals surface area contributed by atoms with E-state index in [4.69, 9.17) is 0 Å². The lowest BCUT2D eigenvalue weighted by atomic mass is 10.1. The topological polar surface area (TPSA) is 95.6 Å². The first-order valence-electron chi connectivity index (χ1n) is 9.68. The molecule has 1 aromatic carbocycles. The molecule has 3 rings (SSSR count). The molecule has 0 spiro atoms. The van der Waals surface area contributed by atoms with E-state index in [1.165, 1.54) is 12.1 Å². The van der Waals surface area contributed by atoms with Gasteiger partial charge in [0, 0.05) is 38.0 Å². The van der Waals surface area contributed by atoms with E-state index in [0.29, 0.717) is 45.3 Å². The summed E-state index contributed by atoms with van der Waals surface area (Å²) >= 11 is 0. The van der Waals surface area contributed by atoms with Crippen LogP contribution in [-0.2, 0) is 19.6 Å². The Bertz CT molecular complexity index is 801. The highest BCUT2D eigenvalue weighted by Gasteiger charge is 2.29. The normalized spacial score (nSPS) is 18.1. The van der Waals surface area contributed by atoms with Crippen LogP contribution in [0.25, 0.3) is 0 Å². The SMILES string of the molecule is O=C(NCCCC(=O)N1CCC(NS(=O)(=O)c2ccc(F)cc2)CC1)C1CC1. The number of nitrogens with one attached hydrogen (secondary N) is 2. The summed E-state index contributed by atoms with van der Waals surface area (Å²) in [5.74, 6) is -0.200. The van der Waals surface area contributed by atoms with Gasteiger partial charge in [-0.2, -0.15) is 0 Å². The fourth-order valence-electron chi connectivity index (χ4n) is 3.25. The summed E-state index contributed by atoms with van der Waals surface area (Å²) in [6.07, 6.45) is 3.97. The maximum Gasteiger partial charge on any atom is 0.240 e. The Kier molecular flexibility index (Phi) is 6.66. The second kappa shape index (κ2) is 9.00. The Labute approximate surface area is 164 Å². The van der Waals surface area contributed by atoms with E-state index >= 15 is 0 Å². The molecule has 0 atom stereocenters. The Hall–Kier alpha value is -2.00. The van der Waals surface area contributed by atoms with Crippen LogP contribution in [0.5, 0.6) is 0 Å². The molecule has 7 nitrogen and oxygen atoms in total. The van der Waals surface area contributed by atoms with Crippen molar-refractivity contribution < 1.29 is 22.4 Å². The summed E-state index contributed by atoms with van der Waals surface area (Å²) in [6, 6.07) is 4.44. The van der Waals surface area contributed by atoms with Crippen LogP contribution in [-0.4, -0.2) is 50.8 Å². The first-order valence-corrected chi connectivity index (χ1v) is 11.2. The summed E-state index contributed by atoms with van der Waals surface area (Å²) in [7, 11) is -3.70. The van der Waals surface area contributed by atoms with Crippen LogP contribution in [0.15, 0.2) is 29.2 Å². The van der Waals surface area contributed by atoms with Gasteiger partial charge in [-0.3, -0.25) is 9.59 Å². The second-order valence-electron chi connectivity index (χ2n) is 7.40. The van der Waals surface area contributed by atoms with Crippen LogP contribution in [0, 0.1) is 11.7 Å². The Morgan fingerprint density at radius 2 is 1.71 bits per heavy atom. The lowest BCUT2D eigenvalue weighted by Gasteiger charge is -2.32. The molecule has 0 unspecified atom stereocenters. The number of rotatable bonds is 8. The molecule has 2 aliphatic rings. The molecule has 1 aliphatic heterocycles. The highest BCUT2D eigenvalue weighted by Crippen LogP contribution is 2.28. The molecule has 0 radical (unpaired) electrons. The third-order valence-corrected chi connectivity index (χ3v) is 6.64. The van der Waals surface area contributed by atoms with Gasteiger partial charge in [-0.15, -0.1) is 0 Å².